The number of anilines is 1. The Kier molecular flexibility index (Phi) is 3.27. The molecule has 1 aromatic rings. The summed E-state index contributed by atoms with van der Waals surface area (Å²) in [5.74, 6) is 0. The number of nitrogens with two attached hydrogens (primary N) is 1. The third-order valence-corrected chi connectivity index (χ3v) is 3.20. The fraction of sp³-hybridized carbons (Fsp3) is 0.538. The minimum absolute atomic E-state index is 0.630. The number of benzene rings is 1. The van der Waals surface area contributed by atoms with Gasteiger partial charge in [0, 0.05) is 11.7 Å². The summed E-state index contributed by atoms with van der Waals surface area (Å²) >= 11 is 0. The van der Waals surface area contributed by atoms with Crippen molar-refractivity contribution in [1.82, 2.24) is 4.90 Å². The lowest BCUT2D eigenvalue weighted by Crippen LogP contribution is -2.23. The predicted octanol–water partition coefficient (Wildman–Crippen LogP) is 2.82. The number of rotatable bonds is 3. The number of hydrogen-bond donors (Lipinski definition) is 1. The maximum atomic E-state index is 5.71. The van der Waals surface area contributed by atoms with Crippen LogP contribution in [-0.4, -0.2) is 18.0 Å². The second kappa shape index (κ2) is 4.67. The van der Waals surface area contributed by atoms with Crippen molar-refractivity contribution in [3.63, 3.8) is 0 Å². The van der Waals surface area contributed by atoms with E-state index in [0.717, 1.165) is 5.69 Å². The van der Waals surface area contributed by atoms with E-state index in [1.165, 1.54) is 37.9 Å². The highest BCUT2D eigenvalue weighted by molar-refractivity contribution is 5.40. The van der Waals surface area contributed by atoms with Gasteiger partial charge in [-0.2, -0.15) is 0 Å². The van der Waals surface area contributed by atoms with Gasteiger partial charge in [-0.15, -0.1) is 0 Å². The summed E-state index contributed by atoms with van der Waals surface area (Å²) in [5, 5.41) is 0. The average molecular weight is 204 g/mol. The highest BCUT2D eigenvalue weighted by Gasteiger charge is 2.24. The van der Waals surface area contributed by atoms with E-state index in [0.29, 0.717) is 6.04 Å². The largest absolute Gasteiger partial charge is 0.399 e. The van der Waals surface area contributed by atoms with E-state index >= 15 is 0 Å². The van der Waals surface area contributed by atoms with Gasteiger partial charge in [-0.25, -0.2) is 0 Å². The van der Waals surface area contributed by atoms with E-state index in [1.54, 1.807) is 0 Å². The molecule has 0 amide bonds. The van der Waals surface area contributed by atoms with Gasteiger partial charge in [-0.1, -0.05) is 19.1 Å². The molecule has 0 aromatic heterocycles. The first-order valence-corrected chi connectivity index (χ1v) is 5.90. The molecule has 2 heteroatoms. The van der Waals surface area contributed by atoms with Crippen molar-refractivity contribution in [3.8, 4) is 0 Å². The van der Waals surface area contributed by atoms with Gasteiger partial charge in [0.05, 0.1) is 0 Å². The molecule has 2 N–H and O–H groups in total. The van der Waals surface area contributed by atoms with Crippen molar-refractivity contribution in [2.45, 2.75) is 32.2 Å². The van der Waals surface area contributed by atoms with E-state index in [-0.39, 0.29) is 0 Å². The van der Waals surface area contributed by atoms with Crippen molar-refractivity contribution in [2.75, 3.05) is 18.8 Å². The van der Waals surface area contributed by atoms with Crippen molar-refractivity contribution >= 4 is 5.69 Å². The lowest BCUT2D eigenvalue weighted by Gasteiger charge is -2.24. The van der Waals surface area contributed by atoms with Crippen LogP contribution >= 0.6 is 0 Å². The normalized spacial score (nSPS) is 22.1. The van der Waals surface area contributed by atoms with Crippen LogP contribution in [0.5, 0.6) is 0 Å². The Balaban J connectivity index is 2.11. The van der Waals surface area contributed by atoms with E-state index in [9.17, 15) is 0 Å². The Morgan fingerprint density at radius 3 is 2.73 bits per heavy atom. The van der Waals surface area contributed by atoms with E-state index < -0.39 is 0 Å². The summed E-state index contributed by atoms with van der Waals surface area (Å²) in [5.41, 5.74) is 7.99. The van der Waals surface area contributed by atoms with Gasteiger partial charge in [0.15, 0.2) is 0 Å². The molecule has 1 saturated heterocycles. The molecule has 0 radical (unpaired) electrons. The Morgan fingerprint density at radius 2 is 2.07 bits per heavy atom. The molecule has 0 aliphatic carbocycles. The number of nitrogen functional groups attached to an aromatic ring is 1. The molecule has 0 saturated carbocycles. The van der Waals surface area contributed by atoms with Gasteiger partial charge in [-0.05, 0) is 50.0 Å². The fourth-order valence-corrected chi connectivity index (χ4v) is 2.48. The van der Waals surface area contributed by atoms with Gasteiger partial charge in [0.2, 0.25) is 0 Å². The standard InChI is InChI=1S/C13H20N2/c1-2-9-15-10-3-4-13(15)11-5-7-12(14)8-6-11/h5-8,13H,2-4,9-10,14H2,1H3. The monoisotopic (exact) mass is 204 g/mol. The molecule has 1 atom stereocenters. The molecule has 2 rings (SSSR count). The third kappa shape index (κ3) is 2.32. The SMILES string of the molecule is CCCN1CCCC1c1ccc(N)cc1. The number of hydrogen-bond acceptors (Lipinski definition) is 2. The molecular formula is C13H20N2. The second-order valence-electron chi connectivity index (χ2n) is 4.36. The molecular weight excluding hydrogens is 184 g/mol. The summed E-state index contributed by atoms with van der Waals surface area (Å²) in [6.45, 7) is 4.72. The highest BCUT2D eigenvalue weighted by atomic mass is 15.2. The van der Waals surface area contributed by atoms with E-state index in [2.05, 4.69) is 24.0 Å². The van der Waals surface area contributed by atoms with Crippen LogP contribution in [0.3, 0.4) is 0 Å². The maximum Gasteiger partial charge on any atom is 0.0348 e. The Bertz CT molecular complexity index is 305. The molecule has 1 aromatic carbocycles. The third-order valence-electron chi connectivity index (χ3n) is 3.20. The van der Waals surface area contributed by atoms with Crippen molar-refractivity contribution in [3.05, 3.63) is 29.8 Å². The lowest BCUT2D eigenvalue weighted by atomic mass is 10.0. The van der Waals surface area contributed by atoms with Gasteiger partial charge in [0.25, 0.3) is 0 Å². The van der Waals surface area contributed by atoms with Crippen molar-refractivity contribution < 1.29 is 0 Å². The maximum absolute atomic E-state index is 5.71. The first kappa shape index (κ1) is 10.5. The second-order valence-corrected chi connectivity index (χ2v) is 4.36. The van der Waals surface area contributed by atoms with Crippen molar-refractivity contribution in [2.24, 2.45) is 0 Å². The highest BCUT2D eigenvalue weighted by Crippen LogP contribution is 2.31. The molecule has 0 spiro atoms. The molecule has 2 nitrogen and oxygen atoms in total. The summed E-state index contributed by atoms with van der Waals surface area (Å²) in [6.07, 6.45) is 3.87. The van der Waals surface area contributed by atoms with Crippen LogP contribution in [0.1, 0.15) is 37.8 Å². The number of nitrogens with zero attached hydrogens (tertiary/aromatic N) is 1. The van der Waals surface area contributed by atoms with Crippen LogP contribution < -0.4 is 5.73 Å². The zero-order valence-corrected chi connectivity index (χ0v) is 9.45. The average Bonchev–Trinajstić information content (AvgIpc) is 2.68. The lowest BCUT2D eigenvalue weighted by molar-refractivity contribution is 0.258. The topological polar surface area (TPSA) is 29.3 Å². The summed E-state index contributed by atoms with van der Waals surface area (Å²) in [7, 11) is 0. The van der Waals surface area contributed by atoms with Gasteiger partial charge in [0.1, 0.15) is 0 Å². The molecule has 15 heavy (non-hydrogen) atoms. The Labute approximate surface area is 92.1 Å². The molecule has 1 heterocycles. The zero-order valence-electron chi connectivity index (χ0n) is 9.45. The summed E-state index contributed by atoms with van der Waals surface area (Å²) in [6, 6.07) is 9.00. The molecule has 0 bridgehead atoms. The van der Waals surface area contributed by atoms with Gasteiger partial charge in [-0.3, -0.25) is 4.90 Å². The fourth-order valence-electron chi connectivity index (χ4n) is 2.48. The smallest absolute Gasteiger partial charge is 0.0348 e. The minimum atomic E-state index is 0.630. The van der Waals surface area contributed by atoms with E-state index in [1.807, 2.05) is 12.1 Å². The summed E-state index contributed by atoms with van der Waals surface area (Å²) in [4.78, 5) is 2.59. The molecule has 1 unspecified atom stereocenters. The van der Waals surface area contributed by atoms with Crippen LogP contribution in [0.15, 0.2) is 24.3 Å². The van der Waals surface area contributed by atoms with Gasteiger partial charge < -0.3 is 5.73 Å². The summed E-state index contributed by atoms with van der Waals surface area (Å²) < 4.78 is 0. The molecule has 82 valence electrons. The quantitative estimate of drug-likeness (QED) is 0.767. The molecule has 1 aliphatic heterocycles. The van der Waals surface area contributed by atoms with Crippen LogP contribution in [0, 0.1) is 0 Å². The Morgan fingerprint density at radius 1 is 1.33 bits per heavy atom. The van der Waals surface area contributed by atoms with E-state index in [4.69, 9.17) is 5.73 Å². The predicted molar refractivity (Wildman–Crippen MR) is 64.7 cm³/mol. The number of likely N-dealkylation sites (tertiary alicyclic amines) is 1. The molecule has 1 aliphatic rings. The van der Waals surface area contributed by atoms with Gasteiger partial charge >= 0.3 is 0 Å². The van der Waals surface area contributed by atoms with Crippen molar-refractivity contribution in [1.29, 1.82) is 0 Å². The first-order valence-electron chi connectivity index (χ1n) is 5.90. The zero-order chi connectivity index (χ0) is 10.7. The van der Waals surface area contributed by atoms with Crippen LogP contribution in [0.25, 0.3) is 0 Å². The van der Waals surface area contributed by atoms with Crippen LogP contribution in [0.2, 0.25) is 0 Å². The first-order chi connectivity index (χ1) is 7.31. The van der Waals surface area contributed by atoms with Crippen LogP contribution in [0.4, 0.5) is 5.69 Å². The minimum Gasteiger partial charge on any atom is -0.399 e. The van der Waals surface area contributed by atoms with Crippen LogP contribution in [-0.2, 0) is 0 Å². The molecule has 1 fully saturated rings. The Hall–Kier alpha value is -1.02.